The molecule has 1 aromatic rings. The predicted octanol–water partition coefficient (Wildman–Crippen LogP) is 2.64. The molecule has 2 N–H and O–H groups in total. The number of hydrogen-bond acceptors (Lipinski definition) is 2. The summed E-state index contributed by atoms with van der Waals surface area (Å²) < 4.78 is 0. The molecular formula is C16H22N2O2. The maximum Gasteiger partial charge on any atom is 0.269 e. The van der Waals surface area contributed by atoms with Gasteiger partial charge in [-0.05, 0) is 38.8 Å². The maximum absolute atomic E-state index is 12.0. The highest BCUT2D eigenvalue weighted by Crippen LogP contribution is 2.23. The molecule has 1 fully saturated rings. The number of aryl methyl sites for hydroxylation is 2. The fourth-order valence-electron chi connectivity index (χ4n) is 2.76. The number of carbonyl (C=O) groups is 2. The van der Waals surface area contributed by atoms with Gasteiger partial charge in [0.2, 0.25) is 5.91 Å². The summed E-state index contributed by atoms with van der Waals surface area (Å²) in [5.74, 6) is -0.285. The van der Waals surface area contributed by atoms with Gasteiger partial charge in [0.1, 0.15) is 0 Å². The zero-order chi connectivity index (χ0) is 14.5. The molecular weight excluding hydrogens is 252 g/mol. The Morgan fingerprint density at radius 1 is 0.950 bits per heavy atom. The van der Waals surface area contributed by atoms with Crippen molar-refractivity contribution in [3.63, 3.8) is 0 Å². The molecule has 4 nitrogen and oxygen atoms in total. The summed E-state index contributed by atoms with van der Waals surface area (Å²) in [4.78, 5) is 24.0. The van der Waals surface area contributed by atoms with Crippen molar-refractivity contribution in [2.75, 3.05) is 0 Å². The summed E-state index contributed by atoms with van der Waals surface area (Å²) in [6, 6.07) is 5.64. The summed E-state index contributed by atoms with van der Waals surface area (Å²) in [6.45, 7) is 3.90. The van der Waals surface area contributed by atoms with Crippen molar-refractivity contribution in [2.24, 2.45) is 5.92 Å². The zero-order valence-corrected chi connectivity index (χ0v) is 12.2. The first kappa shape index (κ1) is 14.6. The smallest absolute Gasteiger partial charge is 0.269 e. The van der Waals surface area contributed by atoms with Crippen molar-refractivity contribution in [3.05, 3.63) is 34.9 Å². The van der Waals surface area contributed by atoms with Crippen LogP contribution in [0.1, 0.15) is 53.6 Å². The first-order valence-corrected chi connectivity index (χ1v) is 7.25. The van der Waals surface area contributed by atoms with Crippen LogP contribution in [0.15, 0.2) is 18.2 Å². The Morgan fingerprint density at radius 2 is 1.55 bits per heavy atom. The third kappa shape index (κ3) is 3.83. The highest BCUT2D eigenvalue weighted by molar-refractivity contribution is 5.95. The number of hydrazine groups is 1. The van der Waals surface area contributed by atoms with Gasteiger partial charge in [0.25, 0.3) is 5.91 Å². The van der Waals surface area contributed by atoms with Gasteiger partial charge in [0, 0.05) is 11.5 Å². The summed E-state index contributed by atoms with van der Waals surface area (Å²) in [5.41, 5.74) is 7.71. The van der Waals surface area contributed by atoms with Crippen LogP contribution >= 0.6 is 0 Å². The molecule has 1 aromatic carbocycles. The second-order valence-corrected chi connectivity index (χ2v) is 5.65. The van der Waals surface area contributed by atoms with Gasteiger partial charge in [-0.25, -0.2) is 0 Å². The minimum Gasteiger partial charge on any atom is -0.273 e. The molecule has 1 saturated carbocycles. The molecule has 20 heavy (non-hydrogen) atoms. The SMILES string of the molecule is Cc1cc(C)cc(C(=O)NNC(=O)C2CCCCC2)c1. The number of hydrogen-bond donors (Lipinski definition) is 2. The van der Waals surface area contributed by atoms with Crippen LogP contribution in [0.5, 0.6) is 0 Å². The van der Waals surface area contributed by atoms with E-state index in [1.54, 1.807) is 0 Å². The largest absolute Gasteiger partial charge is 0.273 e. The van der Waals surface area contributed by atoms with Gasteiger partial charge in [0.05, 0.1) is 0 Å². The van der Waals surface area contributed by atoms with Crippen molar-refractivity contribution >= 4 is 11.8 Å². The molecule has 0 atom stereocenters. The highest BCUT2D eigenvalue weighted by Gasteiger charge is 2.21. The molecule has 2 rings (SSSR count). The van der Waals surface area contributed by atoms with E-state index in [2.05, 4.69) is 10.9 Å². The quantitative estimate of drug-likeness (QED) is 0.815. The molecule has 0 unspecified atom stereocenters. The van der Waals surface area contributed by atoms with E-state index in [-0.39, 0.29) is 17.7 Å². The standard InChI is InChI=1S/C16H22N2O2/c1-11-8-12(2)10-14(9-11)16(20)18-17-15(19)13-6-4-3-5-7-13/h8-10,13H,3-7H2,1-2H3,(H,17,19)(H,18,20). The van der Waals surface area contributed by atoms with Gasteiger partial charge in [-0.1, -0.05) is 36.5 Å². The van der Waals surface area contributed by atoms with Crippen LogP contribution in [0, 0.1) is 19.8 Å². The van der Waals surface area contributed by atoms with Crippen LogP contribution in [-0.2, 0) is 4.79 Å². The third-order valence-electron chi connectivity index (χ3n) is 3.76. The average molecular weight is 274 g/mol. The van der Waals surface area contributed by atoms with E-state index in [0.29, 0.717) is 5.56 Å². The van der Waals surface area contributed by atoms with Crippen LogP contribution in [-0.4, -0.2) is 11.8 Å². The van der Waals surface area contributed by atoms with Gasteiger partial charge in [-0.2, -0.15) is 0 Å². The van der Waals surface area contributed by atoms with E-state index in [1.807, 2.05) is 32.0 Å². The summed E-state index contributed by atoms with van der Waals surface area (Å²) in [5, 5.41) is 0. The number of benzene rings is 1. The summed E-state index contributed by atoms with van der Waals surface area (Å²) in [6.07, 6.45) is 5.25. The minimum atomic E-state index is -0.263. The molecule has 108 valence electrons. The molecule has 0 heterocycles. The second kappa shape index (κ2) is 6.55. The van der Waals surface area contributed by atoms with Crippen LogP contribution in [0.2, 0.25) is 0 Å². The van der Waals surface area contributed by atoms with Crippen molar-refractivity contribution in [1.29, 1.82) is 0 Å². The minimum absolute atomic E-state index is 0.0447. The predicted molar refractivity (Wildman–Crippen MR) is 78.1 cm³/mol. The molecule has 0 saturated heterocycles. The Bertz CT molecular complexity index is 485. The molecule has 4 heteroatoms. The molecule has 1 aliphatic carbocycles. The lowest BCUT2D eigenvalue weighted by atomic mass is 9.89. The zero-order valence-electron chi connectivity index (χ0n) is 12.2. The number of nitrogens with one attached hydrogen (secondary N) is 2. The van der Waals surface area contributed by atoms with Crippen molar-refractivity contribution in [2.45, 2.75) is 46.0 Å². The normalized spacial score (nSPS) is 15.7. The maximum atomic E-state index is 12.0. The molecule has 0 spiro atoms. The molecule has 0 bridgehead atoms. The molecule has 0 aromatic heterocycles. The lowest BCUT2D eigenvalue weighted by Crippen LogP contribution is -2.45. The van der Waals surface area contributed by atoms with Gasteiger partial charge < -0.3 is 0 Å². The lowest BCUT2D eigenvalue weighted by Gasteiger charge is -2.20. The van der Waals surface area contributed by atoms with E-state index in [0.717, 1.165) is 36.8 Å². The molecule has 0 radical (unpaired) electrons. The Morgan fingerprint density at radius 3 is 2.15 bits per heavy atom. The Labute approximate surface area is 119 Å². The van der Waals surface area contributed by atoms with Gasteiger partial charge in [-0.15, -0.1) is 0 Å². The van der Waals surface area contributed by atoms with Crippen LogP contribution < -0.4 is 10.9 Å². The summed E-state index contributed by atoms with van der Waals surface area (Å²) >= 11 is 0. The second-order valence-electron chi connectivity index (χ2n) is 5.65. The number of carbonyl (C=O) groups excluding carboxylic acids is 2. The van der Waals surface area contributed by atoms with Crippen LogP contribution in [0.3, 0.4) is 0 Å². The summed E-state index contributed by atoms with van der Waals surface area (Å²) in [7, 11) is 0. The first-order chi connectivity index (χ1) is 9.56. The van der Waals surface area contributed by atoms with E-state index in [9.17, 15) is 9.59 Å². The molecule has 0 aliphatic heterocycles. The van der Waals surface area contributed by atoms with Crippen LogP contribution in [0.25, 0.3) is 0 Å². The Kier molecular flexibility index (Phi) is 4.77. The van der Waals surface area contributed by atoms with Gasteiger partial charge in [0.15, 0.2) is 0 Å². The Hall–Kier alpha value is -1.84. The highest BCUT2D eigenvalue weighted by atomic mass is 16.2. The molecule has 2 amide bonds. The van der Waals surface area contributed by atoms with Crippen molar-refractivity contribution < 1.29 is 9.59 Å². The Balaban J connectivity index is 1.89. The van der Waals surface area contributed by atoms with E-state index in [1.165, 1.54) is 6.42 Å². The number of rotatable bonds is 2. The fraction of sp³-hybridized carbons (Fsp3) is 0.500. The van der Waals surface area contributed by atoms with Crippen molar-refractivity contribution in [1.82, 2.24) is 10.9 Å². The van der Waals surface area contributed by atoms with E-state index >= 15 is 0 Å². The van der Waals surface area contributed by atoms with Crippen molar-refractivity contribution in [3.8, 4) is 0 Å². The van der Waals surface area contributed by atoms with Gasteiger partial charge >= 0.3 is 0 Å². The van der Waals surface area contributed by atoms with Gasteiger partial charge in [-0.3, -0.25) is 20.4 Å². The monoisotopic (exact) mass is 274 g/mol. The van der Waals surface area contributed by atoms with E-state index in [4.69, 9.17) is 0 Å². The third-order valence-corrected chi connectivity index (χ3v) is 3.76. The average Bonchev–Trinajstić information content (AvgIpc) is 2.44. The van der Waals surface area contributed by atoms with E-state index < -0.39 is 0 Å². The first-order valence-electron chi connectivity index (χ1n) is 7.25. The lowest BCUT2D eigenvalue weighted by molar-refractivity contribution is -0.126. The van der Waals surface area contributed by atoms with Crippen LogP contribution in [0.4, 0.5) is 0 Å². The number of amides is 2. The topological polar surface area (TPSA) is 58.2 Å². The fourth-order valence-corrected chi connectivity index (χ4v) is 2.76. The molecule has 1 aliphatic rings.